The van der Waals surface area contributed by atoms with Crippen LogP contribution in [-0.2, 0) is 13.1 Å². The van der Waals surface area contributed by atoms with E-state index in [-0.39, 0.29) is 0 Å². The van der Waals surface area contributed by atoms with Crippen molar-refractivity contribution >= 4 is 0 Å². The number of aryl methyl sites for hydroxylation is 1. The van der Waals surface area contributed by atoms with Crippen molar-refractivity contribution in [2.45, 2.75) is 33.9 Å². The molecule has 0 bridgehead atoms. The van der Waals surface area contributed by atoms with Crippen molar-refractivity contribution in [1.29, 1.82) is 0 Å². The van der Waals surface area contributed by atoms with Crippen LogP contribution >= 0.6 is 0 Å². The fourth-order valence-corrected chi connectivity index (χ4v) is 1.82. The first-order chi connectivity index (χ1) is 8.63. The summed E-state index contributed by atoms with van der Waals surface area (Å²) in [6, 6.07) is 2.09. The lowest BCUT2D eigenvalue weighted by Crippen LogP contribution is -2.18. The van der Waals surface area contributed by atoms with Gasteiger partial charge < -0.3 is 9.73 Å². The summed E-state index contributed by atoms with van der Waals surface area (Å²) in [5, 5.41) is 7.65. The first-order valence-electron chi connectivity index (χ1n) is 6.39. The third kappa shape index (κ3) is 3.74. The highest BCUT2D eigenvalue weighted by molar-refractivity contribution is 5.13. The zero-order chi connectivity index (χ0) is 13.0. The molecule has 0 saturated carbocycles. The first-order valence-corrected chi connectivity index (χ1v) is 6.39. The van der Waals surface area contributed by atoms with Gasteiger partial charge in [-0.3, -0.25) is 4.68 Å². The topological polar surface area (TPSA) is 43.0 Å². The van der Waals surface area contributed by atoms with E-state index in [4.69, 9.17) is 4.42 Å². The van der Waals surface area contributed by atoms with Crippen LogP contribution < -0.4 is 5.32 Å². The van der Waals surface area contributed by atoms with Crippen molar-refractivity contribution in [3.05, 3.63) is 41.6 Å². The van der Waals surface area contributed by atoms with Crippen molar-refractivity contribution in [1.82, 2.24) is 15.1 Å². The molecule has 0 saturated heterocycles. The van der Waals surface area contributed by atoms with Gasteiger partial charge in [-0.1, -0.05) is 13.8 Å². The molecule has 2 heterocycles. The van der Waals surface area contributed by atoms with E-state index in [0.29, 0.717) is 12.5 Å². The summed E-state index contributed by atoms with van der Waals surface area (Å²) in [6.07, 6.45) is 5.69. The van der Waals surface area contributed by atoms with Gasteiger partial charge in [-0.15, -0.1) is 0 Å². The SMILES string of the molecule is Cc1cnn(Cc2cc(CNCC(C)C)co2)c1. The van der Waals surface area contributed by atoms with E-state index in [2.05, 4.69) is 30.3 Å². The Hall–Kier alpha value is -1.55. The van der Waals surface area contributed by atoms with E-state index in [9.17, 15) is 0 Å². The minimum Gasteiger partial charge on any atom is -0.467 e. The van der Waals surface area contributed by atoms with E-state index in [1.807, 2.05) is 30.3 Å². The highest BCUT2D eigenvalue weighted by atomic mass is 16.3. The number of nitrogens with one attached hydrogen (secondary N) is 1. The van der Waals surface area contributed by atoms with Gasteiger partial charge in [0.2, 0.25) is 0 Å². The molecular weight excluding hydrogens is 226 g/mol. The van der Waals surface area contributed by atoms with Crippen LogP contribution in [0.3, 0.4) is 0 Å². The van der Waals surface area contributed by atoms with Crippen LogP contribution in [0, 0.1) is 12.8 Å². The molecule has 2 aromatic rings. The van der Waals surface area contributed by atoms with E-state index >= 15 is 0 Å². The van der Waals surface area contributed by atoms with Crippen molar-refractivity contribution < 1.29 is 4.42 Å². The molecule has 0 amide bonds. The van der Waals surface area contributed by atoms with Crippen molar-refractivity contribution in [3.63, 3.8) is 0 Å². The molecule has 0 radical (unpaired) electrons. The summed E-state index contributed by atoms with van der Waals surface area (Å²) in [4.78, 5) is 0. The van der Waals surface area contributed by atoms with E-state index in [0.717, 1.165) is 18.8 Å². The lowest BCUT2D eigenvalue weighted by atomic mass is 10.2. The highest BCUT2D eigenvalue weighted by Gasteiger charge is 2.04. The predicted molar refractivity (Wildman–Crippen MR) is 71.3 cm³/mol. The maximum absolute atomic E-state index is 5.53. The number of hydrogen-bond acceptors (Lipinski definition) is 3. The van der Waals surface area contributed by atoms with Gasteiger partial charge in [0.1, 0.15) is 5.76 Å². The number of aromatic nitrogens is 2. The van der Waals surface area contributed by atoms with Gasteiger partial charge >= 0.3 is 0 Å². The van der Waals surface area contributed by atoms with Crippen LogP contribution in [0.2, 0.25) is 0 Å². The van der Waals surface area contributed by atoms with Gasteiger partial charge in [0.05, 0.1) is 19.0 Å². The molecule has 0 aliphatic rings. The Balaban J connectivity index is 1.86. The van der Waals surface area contributed by atoms with E-state index in [1.54, 1.807) is 0 Å². The second-order valence-electron chi connectivity index (χ2n) is 5.16. The quantitative estimate of drug-likeness (QED) is 0.853. The summed E-state index contributed by atoms with van der Waals surface area (Å²) in [5.41, 5.74) is 2.36. The van der Waals surface area contributed by atoms with Gasteiger partial charge in [-0.25, -0.2) is 0 Å². The van der Waals surface area contributed by atoms with Gasteiger partial charge in [0.15, 0.2) is 0 Å². The molecule has 1 N–H and O–H groups in total. The van der Waals surface area contributed by atoms with E-state index in [1.165, 1.54) is 11.1 Å². The lowest BCUT2D eigenvalue weighted by molar-refractivity contribution is 0.477. The van der Waals surface area contributed by atoms with Crippen molar-refractivity contribution in [3.8, 4) is 0 Å². The second-order valence-corrected chi connectivity index (χ2v) is 5.16. The summed E-state index contributed by atoms with van der Waals surface area (Å²) < 4.78 is 7.42. The summed E-state index contributed by atoms with van der Waals surface area (Å²) >= 11 is 0. The van der Waals surface area contributed by atoms with E-state index < -0.39 is 0 Å². The Morgan fingerprint density at radius 3 is 2.94 bits per heavy atom. The molecule has 2 rings (SSSR count). The van der Waals surface area contributed by atoms with Crippen LogP contribution in [0.1, 0.15) is 30.7 Å². The summed E-state index contributed by atoms with van der Waals surface area (Å²) in [6.45, 7) is 9.02. The minimum absolute atomic E-state index is 0.670. The molecular formula is C14H21N3O. The Bertz CT molecular complexity index is 485. The fraction of sp³-hybridized carbons (Fsp3) is 0.500. The van der Waals surface area contributed by atoms with Crippen LogP contribution in [0.5, 0.6) is 0 Å². The normalized spacial score (nSPS) is 11.3. The highest BCUT2D eigenvalue weighted by Crippen LogP contribution is 2.09. The third-order valence-corrected chi connectivity index (χ3v) is 2.67. The van der Waals surface area contributed by atoms with Crippen molar-refractivity contribution in [2.24, 2.45) is 5.92 Å². The molecule has 0 aliphatic heterocycles. The predicted octanol–water partition coefficient (Wildman–Crippen LogP) is 2.58. The molecule has 4 nitrogen and oxygen atoms in total. The monoisotopic (exact) mass is 247 g/mol. The van der Waals surface area contributed by atoms with Gasteiger partial charge in [0, 0.05) is 18.3 Å². The van der Waals surface area contributed by atoms with Gasteiger partial charge in [0.25, 0.3) is 0 Å². The van der Waals surface area contributed by atoms with Crippen LogP contribution in [-0.4, -0.2) is 16.3 Å². The van der Waals surface area contributed by atoms with Gasteiger partial charge in [-0.2, -0.15) is 5.10 Å². The standard InChI is InChI=1S/C14H21N3O/c1-11(2)5-15-7-13-4-14(18-10-13)9-17-8-12(3)6-16-17/h4,6,8,10-11,15H,5,7,9H2,1-3H3. The minimum atomic E-state index is 0.670. The van der Waals surface area contributed by atoms with Crippen LogP contribution in [0.25, 0.3) is 0 Å². The molecule has 0 atom stereocenters. The maximum atomic E-state index is 5.53. The molecule has 2 aromatic heterocycles. The fourth-order valence-electron chi connectivity index (χ4n) is 1.82. The zero-order valence-electron chi connectivity index (χ0n) is 11.3. The van der Waals surface area contributed by atoms with Gasteiger partial charge in [-0.05, 0) is 31.0 Å². The summed E-state index contributed by atoms with van der Waals surface area (Å²) in [5.74, 6) is 1.61. The maximum Gasteiger partial charge on any atom is 0.125 e. The number of nitrogens with zero attached hydrogens (tertiary/aromatic N) is 2. The molecule has 0 aromatic carbocycles. The average molecular weight is 247 g/mol. The first kappa shape index (κ1) is 12.9. The molecule has 98 valence electrons. The molecule has 0 spiro atoms. The van der Waals surface area contributed by atoms with Crippen LogP contribution in [0.4, 0.5) is 0 Å². The molecule has 0 unspecified atom stereocenters. The Kier molecular flexibility index (Phi) is 4.20. The summed E-state index contributed by atoms with van der Waals surface area (Å²) in [7, 11) is 0. The van der Waals surface area contributed by atoms with Crippen molar-refractivity contribution in [2.75, 3.05) is 6.54 Å². The smallest absolute Gasteiger partial charge is 0.125 e. The number of rotatable bonds is 6. The van der Waals surface area contributed by atoms with Crippen LogP contribution in [0.15, 0.2) is 29.1 Å². The molecule has 0 fully saturated rings. The Labute approximate surface area is 108 Å². The molecule has 4 heteroatoms. The lowest BCUT2D eigenvalue weighted by Gasteiger charge is -2.04. The largest absolute Gasteiger partial charge is 0.467 e. The third-order valence-electron chi connectivity index (χ3n) is 2.67. The number of hydrogen-bond donors (Lipinski definition) is 1. The Morgan fingerprint density at radius 1 is 1.44 bits per heavy atom. The molecule has 18 heavy (non-hydrogen) atoms. The zero-order valence-corrected chi connectivity index (χ0v) is 11.3. The average Bonchev–Trinajstić information content (AvgIpc) is 2.89. The Morgan fingerprint density at radius 2 is 2.28 bits per heavy atom. The molecule has 0 aliphatic carbocycles. The second kappa shape index (κ2) is 5.87. The number of furan rings is 1.